The molecule has 0 rings (SSSR count). The summed E-state index contributed by atoms with van der Waals surface area (Å²) in [5, 5.41) is 16.9. The van der Waals surface area contributed by atoms with Crippen molar-refractivity contribution in [2.24, 2.45) is 0 Å². The zero-order valence-corrected chi connectivity index (χ0v) is 10.6. The van der Waals surface area contributed by atoms with E-state index in [0.717, 1.165) is 0 Å². The molecule has 0 saturated heterocycles. The van der Waals surface area contributed by atoms with Gasteiger partial charge >= 0.3 is 7.60 Å². The fraction of sp³-hybridized carbons (Fsp3) is 1.00. The molecular weight excluding hydrogens is 251 g/mol. The monoisotopic (exact) mass is 272 g/mol. The third kappa shape index (κ3) is 9.67. The fourth-order valence-corrected chi connectivity index (χ4v) is 2.14. The van der Waals surface area contributed by atoms with Crippen LogP contribution in [0, 0.1) is 0 Å². The van der Waals surface area contributed by atoms with Gasteiger partial charge in [-0.05, 0) is 12.8 Å². The van der Waals surface area contributed by atoms with Gasteiger partial charge in [0.1, 0.15) is 0 Å². The van der Waals surface area contributed by atoms with Gasteiger partial charge in [-0.1, -0.05) is 0 Å². The summed E-state index contributed by atoms with van der Waals surface area (Å²) in [6, 6.07) is 0. The van der Waals surface area contributed by atoms with E-state index in [0.29, 0.717) is 0 Å². The minimum Gasteiger partial charge on any atom is -0.394 e. The van der Waals surface area contributed by atoms with Crippen LogP contribution in [0.3, 0.4) is 0 Å². The Labute approximate surface area is 101 Å². The van der Waals surface area contributed by atoms with Gasteiger partial charge in [0.2, 0.25) is 0 Å². The summed E-state index contributed by atoms with van der Waals surface area (Å²) >= 11 is 0. The fourth-order valence-electron chi connectivity index (χ4n) is 1.25. The summed E-state index contributed by atoms with van der Waals surface area (Å²) in [6.45, 7) is 0.483. The van der Waals surface area contributed by atoms with Crippen molar-refractivity contribution in [2.45, 2.75) is 18.5 Å². The van der Waals surface area contributed by atoms with Crippen LogP contribution in [0.1, 0.15) is 12.8 Å². The predicted molar refractivity (Wildman–Crippen MR) is 60.9 cm³/mol. The van der Waals surface area contributed by atoms with Crippen LogP contribution in [0.15, 0.2) is 0 Å². The lowest BCUT2D eigenvalue weighted by atomic mass is 10.2. The Hall–Kier alpha value is -0.0100. The maximum atomic E-state index is 11.1. The second-order valence-electron chi connectivity index (χ2n) is 3.49. The molecule has 0 saturated carbocycles. The van der Waals surface area contributed by atoms with Gasteiger partial charge in [0, 0.05) is 13.2 Å². The zero-order chi connectivity index (χ0) is 13.1. The predicted octanol–water partition coefficient (Wildman–Crippen LogP) is -0.669. The summed E-state index contributed by atoms with van der Waals surface area (Å²) in [5.41, 5.74) is -0.806. The van der Waals surface area contributed by atoms with Crippen molar-refractivity contribution in [3.63, 3.8) is 0 Å². The molecule has 4 N–H and O–H groups in total. The molecule has 8 heteroatoms. The molecule has 0 aliphatic rings. The van der Waals surface area contributed by atoms with Gasteiger partial charge in [-0.15, -0.1) is 0 Å². The van der Waals surface area contributed by atoms with Crippen molar-refractivity contribution >= 4 is 7.60 Å². The Morgan fingerprint density at radius 2 is 1.29 bits per heavy atom. The number of aliphatic hydroxyl groups is 2. The van der Waals surface area contributed by atoms with Gasteiger partial charge < -0.3 is 29.5 Å². The molecular formula is C9H21O7P. The standard InChI is InChI=1S/C9H21O7P/c10-3-7-15-5-1-9(17(12,13)14)2-6-16-8-4-11/h9-11H,1-8H2,(H2,12,13,14). The maximum absolute atomic E-state index is 11.1. The second kappa shape index (κ2) is 9.96. The number of hydrogen-bond acceptors (Lipinski definition) is 5. The molecule has 0 aliphatic carbocycles. The highest BCUT2D eigenvalue weighted by Crippen LogP contribution is 2.44. The lowest BCUT2D eigenvalue weighted by Gasteiger charge is -2.18. The van der Waals surface area contributed by atoms with Gasteiger partial charge in [-0.2, -0.15) is 0 Å². The molecule has 0 aromatic heterocycles. The van der Waals surface area contributed by atoms with Crippen LogP contribution in [0.5, 0.6) is 0 Å². The molecule has 0 amide bonds. The van der Waals surface area contributed by atoms with Crippen molar-refractivity contribution < 1.29 is 34.0 Å². The van der Waals surface area contributed by atoms with Gasteiger partial charge in [0.05, 0.1) is 32.1 Å². The highest BCUT2D eigenvalue weighted by atomic mass is 31.2. The van der Waals surface area contributed by atoms with Gasteiger partial charge in [0.15, 0.2) is 0 Å². The molecule has 17 heavy (non-hydrogen) atoms. The van der Waals surface area contributed by atoms with E-state index in [1.54, 1.807) is 0 Å². The van der Waals surface area contributed by atoms with Crippen LogP contribution >= 0.6 is 7.60 Å². The van der Waals surface area contributed by atoms with E-state index >= 15 is 0 Å². The van der Waals surface area contributed by atoms with E-state index in [9.17, 15) is 4.57 Å². The summed E-state index contributed by atoms with van der Waals surface area (Å²) < 4.78 is 21.1. The molecule has 0 spiro atoms. The normalized spacial score (nSPS) is 12.3. The zero-order valence-electron chi connectivity index (χ0n) is 9.70. The van der Waals surface area contributed by atoms with Crippen molar-refractivity contribution in [2.75, 3.05) is 39.6 Å². The Balaban J connectivity index is 3.86. The number of aliphatic hydroxyl groups excluding tert-OH is 2. The van der Waals surface area contributed by atoms with Crippen LogP contribution < -0.4 is 0 Å². The van der Waals surface area contributed by atoms with Crippen molar-refractivity contribution in [1.29, 1.82) is 0 Å². The maximum Gasteiger partial charge on any atom is 0.328 e. The highest BCUT2D eigenvalue weighted by Gasteiger charge is 2.27. The topological polar surface area (TPSA) is 116 Å². The third-order valence-corrected chi connectivity index (χ3v) is 3.61. The number of rotatable bonds is 11. The minimum absolute atomic E-state index is 0.111. The quantitative estimate of drug-likeness (QED) is 0.291. The summed E-state index contributed by atoms with van der Waals surface area (Å²) in [6.07, 6.45) is 0.430. The van der Waals surface area contributed by atoms with E-state index in [1.165, 1.54) is 0 Å². The molecule has 0 heterocycles. The average molecular weight is 272 g/mol. The molecule has 0 fully saturated rings. The summed E-state index contributed by atoms with van der Waals surface area (Å²) in [5.74, 6) is 0. The van der Waals surface area contributed by atoms with Crippen LogP contribution in [-0.4, -0.2) is 65.3 Å². The average Bonchev–Trinajstić information content (AvgIpc) is 2.25. The molecule has 0 aromatic carbocycles. The lowest BCUT2D eigenvalue weighted by molar-refractivity contribution is 0.0774. The van der Waals surface area contributed by atoms with E-state index < -0.39 is 13.3 Å². The van der Waals surface area contributed by atoms with Gasteiger partial charge in [-0.25, -0.2) is 0 Å². The Morgan fingerprint density at radius 3 is 1.59 bits per heavy atom. The third-order valence-electron chi connectivity index (χ3n) is 2.14. The first-order valence-corrected chi connectivity index (χ1v) is 7.13. The number of hydrogen-bond donors (Lipinski definition) is 4. The van der Waals surface area contributed by atoms with Crippen molar-refractivity contribution in [3.05, 3.63) is 0 Å². The number of ether oxygens (including phenoxy) is 2. The van der Waals surface area contributed by atoms with E-state index in [1.807, 2.05) is 0 Å². The van der Waals surface area contributed by atoms with Crippen LogP contribution in [0.2, 0.25) is 0 Å². The molecule has 0 bridgehead atoms. The van der Waals surface area contributed by atoms with E-state index in [2.05, 4.69) is 0 Å². The van der Waals surface area contributed by atoms with Crippen molar-refractivity contribution in [1.82, 2.24) is 0 Å². The van der Waals surface area contributed by atoms with Gasteiger partial charge in [-0.3, -0.25) is 4.57 Å². The van der Waals surface area contributed by atoms with E-state index in [4.69, 9.17) is 29.5 Å². The summed E-state index contributed by atoms with van der Waals surface area (Å²) in [7, 11) is -4.16. The first-order chi connectivity index (χ1) is 8.02. The first-order valence-electron chi connectivity index (χ1n) is 5.44. The molecule has 0 radical (unpaired) electrons. The Kier molecular flexibility index (Phi) is 9.96. The largest absolute Gasteiger partial charge is 0.394 e. The minimum atomic E-state index is -4.16. The highest BCUT2D eigenvalue weighted by molar-refractivity contribution is 7.52. The second-order valence-corrected chi connectivity index (χ2v) is 5.40. The van der Waals surface area contributed by atoms with Crippen LogP contribution in [-0.2, 0) is 14.0 Å². The molecule has 104 valence electrons. The SMILES string of the molecule is O=P(O)(O)C(CCOCCO)CCOCCO. The van der Waals surface area contributed by atoms with Crippen molar-refractivity contribution in [3.8, 4) is 0 Å². The van der Waals surface area contributed by atoms with Crippen LogP contribution in [0.25, 0.3) is 0 Å². The van der Waals surface area contributed by atoms with Gasteiger partial charge in [0.25, 0.3) is 0 Å². The van der Waals surface area contributed by atoms with E-state index in [-0.39, 0.29) is 52.5 Å². The molecule has 0 atom stereocenters. The smallest absolute Gasteiger partial charge is 0.328 e. The Bertz CT molecular complexity index is 205. The first kappa shape index (κ1) is 17.0. The summed E-state index contributed by atoms with van der Waals surface area (Å²) in [4.78, 5) is 18.2. The molecule has 0 aromatic rings. The lowest BCUT2D eigenvalue weighted by Crippen LogP contribution is -2.16. The molecule has 0 unspecified atom stereocenters. The molecule has 0 aliphatic heterocycles. The molecule has 7 nitrogen and oxygen atoms in total. The Morgan fingerprint density at radius 1 is 0.882 bits per heavy atom. The van der Waals surface area contributed by atoms with Crippen LogP contribution in [0.4, 0.5) is 0 Å².